The van der Waals surface area contributed by atoms with Gasteiger partial charge in [-0.25, -0.2) is 0 Å². The summed E-state index contributed by atoms with van der Waals surface area (Å²) in [6.07, 6.45) is 6.93. The molecule has 3 heterocycles. The number of aliphatic imine (C=N–C) groups is 1. The Morgan fingerprint density at radius 2 is 2.30 bits per heavy atom. The van der Waals surface area contributed by atoms with Crippen LogP contribution < -0.4 is 10.6 Å². The fourth-order valence-corrected chi connectivity index (χ4v) is 3.68. The van der Waals surface area contributed by atoms with Crippen LogP contribution in [0.5, 0.6) is 0 Å². The predicted octanol–water partition coefficient (Wildman–Crippen LogP) is 1.49. The summed E-state index contributed by atoms with van der Waals surface area (Å²) in [6.45, 7) is 5.44. The molecule has 6 nitrogen and oxygen atoms in total. The van der Waals surface area contributed by atoms with Gasteiger partial charge in [-0.05, 0) is 39.0 Å². The Kier molecular flexibility index (Phi) is 7.39. The fourth-order valence-electron chi connectivity index (χ4n) is 3.68. The molecular formula is C16H29IN4O2. The Hall–Kier alpha value is -0.570. The average Bonchev–Trinajstić information content (AvgIpc) is 3.21. The number of rotatable bonds is 6. The van der Waals surface area contributed by atoms with E-state index in [1.165, 1.54) is 12.8 Å². The minimum atomic E-state index is 0. The van der Waals surface area contributed by atoms with Crippen molar-refractivity contribution in [3.63, 3.8) is 0 Å². The van der Waals surface area contributed by atoms with Crippen LogP contribution in [0.3, 0.4) is 0 Å². The molecular weight excluding hydrogens is 407 g/mol. The molecule has 3 unspecified atom stereocenters. The lowest BCUT2D eigenvalue weighted by Gasteiger charge is -2.22. The highest BCUT2D eigenvalue weighted by Gasteiger charge is 2.41. The van der Waals surface area contributed by atoms with Crippen LogP contribution >= 0.6 is 24.0 Å². The molecule has 0 aromatic rings. The van der Waals surface area contributed by atoms with Gasteiger partial charge >= 0.3 is 0 Å². The van der Waals surface area contributed by atoms with E-state index in [2.05, 4.69) is 22.5 Å². The highest BCUT2D eigenvalue weighted by Crippen LogP contribution is 2.34. The number of hydrogen-bond acceptors (Lipinski definition) is 3. The van der Waals surface area contributed by atoms with Crippen molar-refractivity contribution in [2.24, 2.45) is 4.99 Å². The molecule has 1 amide bonds. The predicted molar refractivity (Wildman–Crippen MR) is 101 cm³/mol. The molecule has 3 atom stereocenters. The zero-order chi connectivity index (χ0) is 15.4. The average molecular weight is 436 g/mol. The molecule has 3 rings (SSSR count). The molecule has 0 spiro atoms. The van der Waals surface area contributed by atoms with E-state index in [-0.39, 0.29) is 24.0 Å². The van der Waals surface area contributed by atoms with Gasteiger partial charge in [-0.1, -0.05) is 0 Å². The number of carbonyl (C=O) groups is 1. The van der Waals surface area contributed by atoms with Crippen molar-refractivity contribution < 1.29 is 9.53 Å². The molecule has 7 heteroatoms. The molecule has 0 aromatic carbocycles. The minimum Gasteiger partial charge on any atom is -0.373 e. The number of carbonyl (C=O) groups excluding carboxylic acids is 1. The van der Waals surface area contributed by atoms with Crippen LogP contribution in [-0.4, -0.2) is 61.2 Å². The summed E-state index contributed by atoms with van der Waals surface area (Å²) in [5.41, 5.74) is 0. The van der Waals surface area contributed by atoms with Crippen molar-refractivity contribution in [2.45, 2.75) is 63.7 Å². The Labute approximate surface area is 155 Å². The SMILES string of the molecule is CCNC(=NCCCN1CCCC1=O)NC1CC2CCC1O2.I. The quantitative estimate of drug-likeness (QED) is 0.287. The highest BCUT2D eigenvalue weighted by molar-refractivity contribution is 14.0. The first-order valence-electron chi connectivity index (χ1n) is 8.74. The van der Waals surface area contributed by atoms with Crippen LogP contribution in [0, 0.1) is 0 Å². The van der Waals surface area contributed by atoms with E-state index in [1.54, 1.807) is 0 Å². The summed E-state index contributed by atoms with van der Waals surface area (Å²) in [5.74, 6) is 1.18. The number of fused-ring (bicyclic) bond motifs is 2. The third-order valence-electron chi connectivity index (χ3n) is 4.80. The van der Waals surface area contributed by atoms with E-state index in [0.717, 1.165) is 57.8 Å². The first-order chi connectivity index (χ1) is 10.8. The number of halogens is 1. The minimum absolute atomic E-state index is 0. The van der Waals surface area contributed by atoms with Crippen molar-refractivity contribution in [3.8, 4) is 0 Å². The Bertz CT molecular complexity index is 432. The Morgan fingerprint density at radius 1 is 1.43 bits per heavy atom. The summed E-state index contributed by atoms with van der Waals surface area (Å²) < 4.78 is 5.88. The normalized spacial score (nSPS) is 29.8. The van der Waals surface area contributed by atoms with Crippen LogP contribution in [0.15, 0.2) is 4.99 Å². The van der Waals surface area contributed by atoms with Crippen LogP contribution in [0.4, 0.5) is 0 Å². The van der Waals surface area contributed by atoms with E-state index in [1.807, 2.05) is 4.90 Å². The van der Waals surface area contributed by atoms with Gasteiger partial charge in [-0.15, -0.1) is 24.0 Å². The first kappa shape index (κ1) is 18.8. The van der Waals surface area contributed by atoms with Gasteiger partial charge in [0.15, 0.2) is 5.96 Å². The third-order valence-corrected chi connectivity index (χ3v) is 4.80. The molecule has 0 saturated carbocycles. The molecule has 0 aliphatic carbocycles. The summed E-state index contributed by atoms with van der Waals surface area (Å²) in [5, 5.41) is 6.83. The number of likely N-dealkylation sites (tertiary alicyclic amines) is 1. The van der Waals surface area contributed by atoms with Gasteiger partial charge in [0.2, 0.25) is 5.91 Å². The molecule has 0 radical (unpaired) electrons. The molecule has 3 fully saturated rings. The van der Waals surface area contributed by atoms with Gasteiger partial charge < -0.3 is 20.3 Å². The monoisotopic (exact) mass is 436 g/mol. The molecule has 2 N–H and O–H groups in total. The number of nitrogens with one attached hydrogen (secondary N) is 2. The van der Waals surface area contributed by atoms with Crippen LogP contribution in [0.25, 0.3) is 0 Å². The van der Waals surface area contributed by atoms with E-state index in [9.17, 15) is 4.79 Å². The van der Waals surface area contributed by atoms with Crippen molar-refractivity contribution in [3.05, 3.63) is 0 Å². The Morgan fingerprint density at radius 3 is 2.91 bits per heavy atom. The second kappa shape index (κ2) is 9.05. The standard InChI is InChI=1S/C16H28N4O2.HI/c1-2-17-16(19-13-11-12-6-7-14(13)22-12)18-8-4-10-20-9-3-5-15(20)21;/h12-14H,2-11H2,1H3,(H2,17,18,19);1H. The summed E-state index contributed by atoms with van der Waals surface area (Å²) in [4.78, 5) is 18.2. The van der Waals surface area contributed by atoms with E-state index in [4.69, 9.17) is 4.74 Å². The van der Waals surface area contributed by atoms with E-state index < -0.39 is 0 Å². The number of hydrogen-bond donors (Lipinski definition) is 2. The van der Waals surface area contributed by atoms with Crippen molar-refractivity contribution >= 4 is 35.8 Å². The van der Waals surface area contributed by atoms with Crippen molar-refractivity contribution in [2.75, 3.05) is 26.2 Å². The zero-order valence-corrected chi connectivity index (χ0v) is 16.3. The van der Waals surface area contributed by atoms with Gasteiger partial charge in [-0.3, -0.25) is 9.79 Å². The first-order valence-corrected chi connectivity index (χ1v) is 8.74. The maximum atomic E-state index is 11.6. The molecule has 23 heavy (non-hydrogen) atoms. The summed E-state index contributed by atoms with van der Waals surface area (Å²) in [7, 11) is 0. The van der Waals surface area contributed by atoms with Gasteiger partial charge in [0.1, 0.15) is 0 Å². The molecule has 3 aliphatic rings. The van der Waals surface area contributed by atoms with E-state index in [0.29, 0.717) is 24.2 Å². The summed E-state index contributed by atoms with van der Waals surface area (Å²) in [6, 6.07) is 0.400. The number of nitrogens with zero attached hydrogens (tertiary/aromatic N) is 2. The van der Waals surface area contributed by atoms with Gasteiger partial charge in [0.25, 0.3) is 0 Å². The number of guanidine groups is 1. The maximum absolute atomic E-state index is 11.6. The molecule has 3 aliphatic heterocycles. The highest BCUT2D eigenvalue weighted by atomic mass is 127. The lowest BCUT2D eigenvalue weighted by molar-refractivity contribution is -0.127. The molecule has 132 valence electrons. The van der Waals surface area contributed by atoms with E-state index >= 15 is 0 Å². The molecule has 2 bridgehead atoms. The maximum Gasteiger partial charge on any atom is 0.222 e. The second-order valence-electron chi connectivity index (χ2n) is 6.46. The lowest BCUT2D eigenvalue weighted by Crippen LogP contribution is -2.47. The fraction of sp³-hybridized carbons (Fsp3) is 0.875. The van der Waals surface area contributed by atoms with Crippen molar-refractivity contribution in [1.29, 1.82) is 0 Å². The molecule has 0 aromatic heterocycles. The number of ether oxygens (including phenoxy) is 1. The second-order valence-corrected chi connectivity index (χ2v) is 6.46. The molecule has 3 saturated heterocycles. The Balaban J connectivity index is 0.00000192. The lowest BCUT2D eigenvalue weighted by atomic mass is 9.96. The zero-order valence-electron chi connectivity index (χ0n) is 13.9. The van der Waals surface area contributed by atoms with Crippen LogP contribution in [-0.2, 0) is 9.53 Å². The largest absolute Gasteiger partial charge is 0.373 e. The van der Waals surface area contributed by atoms with Gasteiger partial charge in [0, 0.05) is 32.6 Å². The summed E-state index contributed by atoms with van der Waals surface area (Å²) >= 11 is 0. The van der Waals surface area contributed by atoms with Crippen LogP contribution in [0.2, 0.25) is 0 Å². The number of amides is 1. The van der Waals surface area contributed by atoms with Gasteiger partial charge in [0.05, 0.1) is 18.2 Å². The van der Waals surface area contributed by atoms with Crippen molar-refractivity contribution in [1.82, 2.24) is 15.5 Å². The third kappa shape index (κ3) is 4.95. The topological polar surface area (TPSA) is 66.0 Å². The smallest absolute Gasteiger partial charge is 0.222 e. The van der Waals surface area contributed by atoms with Gasteiger partial charge in [-0.2, -0.15) is 0 Å². The van der Waals surface area contributed by atoms with Crippen LogP contribution in [0.1, 0.15) is 45.4 Å².